The normalized spacial score (nSPS) is 11.1. The van der Waals surface area contributed by atoms with Crippen LogP contribution in [0.1, 0.15) is 29.2 Å². The van der Waals surface area contributed by atoms with Crippen LogP contribution >= 0.6 is 11.3 Å². The monoisotopic (exact) mass is 325 g/mol. The molecule has 0 fully saturated rings. The first-order chi connectivity index (χ1) is 11.1. The second-order valence-electron chi connectivity index (χ2n) is 5.88. The third-order valence-corrected chi connectivity index (χ3v) is 4.33. The number of pyridine rings is 1. The molecule has 0 aliphatic rings. The van der Waals surface area contributed by atoms with E-state index in [1.165, 1.54) is 0 Å². The van der Waals surface area contributed by atoms with E-state index in [1.807, 2.05) is 34.5 Å². The maximum atomic E-state index is 13.1. The molecule has 0 aliphatic carbocycles. The van der Waals surface area contributed by atoms with Crippen molar-refractivity contribution in [3.8, 4) is 0 Å². The van der Waals surface area contributed by atoms with Crippen LogP contribution in [0.15, 0.2) is 48.1 Å². The maximum Gasteiger partial charge on any atom is 0.254 e. The number of hydrogen-bond donors (Lipinski definition) is 0. The summed E-state index contributed by atoms with van der Waals surface area (Å²) in [5, 5.41) is 3.79. The summed E-state index contributed by atoms with van der Waals surface area (Å²) in [6.07, 6.45) is 3.48. The highest BCUT2D eigenvalue weighted by Gasteiger charge is 2.20. The van der Waals surface area contributed by atoms with Gasteiger partial charge in [0.15, 0.2) is 0 Å². The number of benzene rings is 1. The van der Waals surface area contributed by atoms with Gasteiger partial charge in [0, 0.05) is 29.7 Å². The minimum atomic E-state index is 0.0347. The molecule has 1 amide bonds. The molecule has 0 saturated carbocycles. The molecule has 118 valence electrons. The SMILES string of the molecule is CC(C)CN(Cc1nccs1)C(=O)c1ccnc2ccccc12. The third kappa shape index (κ3) is 3.56. The molecule has 0 N–H and O–H groups in total. The fourth-order valence-electron chi connectivity index (χ4n) is 2.61. The molecule has 1 aromatic carbocycles. The summed E-state index contributed by atoms with van der Waals surface area (Å²) in [5.74, 6) is 0.430. The van der Waals surface area contributed by atoms with E-state index >= 15 is 0 Å². The van der Waals surface area contributed by atoms with Gasteiger partial charge in [0.1, 0.15) is 5.01 Å². The Morgan fingerprint density at radius 2 is 2.00 bits per heavy atom. The average molecular weight is 325 g/mol. The van der Waals surface area contributed by atoms with Gasteiger partial charge in [-0.05, 0) is 18.1 Å². The number of hydrogen-bond acceptors (Lipinski definition) is 4. The fraction of sp³-hybridized carbons (Fsp3) is 0.278. The van der Waals surface area contributed by atoms with Gasteiger partial charge in [-0.15, -0.1) is 11.3 Å². The van der Waals surface area contributed by atoms with Crippen LogP contribution in [0.2, 0.25) is 0 Å². The molecule has 0 aliphatic heterocycles. The average Bonchev–Trinajstić information content (AvgIpc) is 3.05. The maximum absolute atomic E-state index is 13.1. The van der Waals surface area contributed by atoms with Gasteiger partial charge in [-0.2, -0.15) is 0 Å². The van der Waals surface area contributed by atoms with E-state index in [0.29, 0.717) is 24.6 Å². The number of nitrogens with zero attached hydrogens (tertiary/aromatic N) is 3. The number of fused-ring (bicyclic) bond motifs is 1. The summed E-state index contributed by atoms with van der Waals surface area (Å²) in [6, 6.07) is 9.56. The Balaban J connectivity index is 1.95. The van der Waals surface area contributed by atoms with Crippen molar-refractivity contribution in [1.82, 2.24) is 14.9 Å². The van der Waals surface area contributed by atoms with Crippen LogP contribution in [0.3, 0.4) is 0 Å². The minimum Gasteiger partial charge on any atom is -0.332 e. The van der Waals surface area contributed by atoms with Gasteiger partial charge in [-0.25, -0.2) is 4.98 Å². The molecule has 0 bridgehead atoms. The largest absolute Gasteiger partial charge is 0.332 e. The fourth-order valence-corrected chi connectivity index (χ4v) is 3.24. The van der Waals surface area contributed by atoms with Crippen LogP contribution in [0.25, 0.3) is 10.9 Å². The van der Waals surface area contributed by atoms with E-state index in [-0.39, 0.29) is 5.91 Å². The number of aromatic nitrogens is 2. The van der Waals surface area contributed by atoms with Crippen molar-refractivity contribution in [1.29, 1.82) is 0 Å². The number of amides is 1. The lowest BCUT2D eigenvalue weighted by molar-refractivity contribution is 0.0724. The zero-order chi connectivity index (χ0) is 16.2. The lowest BCUT2D eigenvalue weighted by Crippen LogP contribution is -2.33. The van der Waals surface area contributed by atoms with E-state index in [9.17, 15) is 4.79 Å². The predicted molar refractivity (Wildman–Crippen MR) is 93.4 cm³/mol. The van der Waals surface area contributed by atoms with Gasteiger partial charge in [-0.3, -0.25) is 9.78 Å². The Kier molecular flexibility index (Phi) is 4.67. The first kappa shape index (κ1) is 15.6. The first-order valence-corrected chi connectivity index (χ1v) is 8.54. The Morgan fingerprint density at radius 3 is 2.74 bits per heavy atom. The summed E-state index contributed by atoms with van der Waals surface area (Å²) in [5.41, 5.74) is 1.55. The summed E-state index contributed by atoms with van der Waals surface area (Å²) >= 11 is 1.58. The summed E-state index contributed by atoms with van der Waals surface area (Å²) in [6.45, 7) is 5.49. The molecule has 5 heteroatoms. The van der Waals surface area contributed by atoms with Crippen LogP contribution in [-0.4, -0.2) is 27.3 Å². The molecule has 0 unspecified atom stereocenters. The van der Waals surface area contributed by atoms with Crippen molar-refractivity contribution in [3.05, 3.63) is 58.7 Å². The highest BCUT2D eigenvalue weighted by atomic mass is 32.1. The highest BCUT2D eigenvalue weighted by Crippen LogP contribution is 2.20. The van der Waals surface area contributed by atoms with Crippen LogP contribution in [0.4, 0.5) is 0 Å². The van der Waals surface area contributed by atoms with Crippen molar-refractivity contribution in [3.63, 3.8) is 0 Å². The molecule has 2 aromatic heterocycles. The van der Waals surface area contributed by atoms with Crippen LogP contribution in [0, 0.1) is 5.92 Å². The van der Waals surface area contributed by atoms with E-state index in [0.717, 1.165) is 15.9 Å². The molecule has 0 saturated heterocycles. The standard InChI is InChI=1S/C18H19N3OS/c1-13(2)11-21(12-17-20-9-10-23-17)18(22)15-7-8-19-16-6-4-3-5-14(15)16/h3-10,13H,11-12H2,1-2H3. The van der Waals surface area contributed by atoms with E-state index < -0.39 is 0 Å². The topological polar surface area (TPSA) is 46.1 Å². The Hall–Kier alpha value is -2.27. The summed E-state index contributed by atoms with van der Waals surface area (Å²) in [4.78, 5) is 23.6. The van der Waals surface area contributed by atoms with Crippen molar-refractivity contribution >= 4 is 28.1 Å². The Morgan fingerprint density at radius 1 is 1.17 bits per heavy atom. The van der Waals surface area contributed by atoms with Gasteiger partial charge < -0.3 is 4.90 Å². The number of rotatable bonds is 5. The van der Waals surface area contributed by atoms with Crippen LogP contribution < -0.4 is 0 Å². The van der Waals surface area contributed by atoms with Crippen LogP contribution in [-0.2, 0) is 6.54 Å². The second kappa shape index (κ2) is 6.87. The minimum absolute atomic E-state index is 0.0347. The molecule has 23 heavy (non-hydrogen) atoms. The number of carbonyl (C=O) groups excluding carboxylic acids is 1. The third-order valence-electron chi connectivity index (χ3n) is 3.56. The molecule has 0 radical (unpaired) electrons. The molecule has 4 nitrogen and oxygen atoms in total. The van der Waals surface area contributed by atoms with Crippen molar-refractivity contribution in [2.75, 3.05) is 6.54 Å². The quantitative estimate of drug-likeness (QED) is 0.712. The number of thiazole rings is 1. The number of para-hydroxylation sites is 1. The zero-order valence-corrected chi connectivity index (χ0v) is 14.1. The van der Waals surface area contributed by atoms with Gasteiger partial charge in [-0.1, -0.05) is 32.0 Å². The lowest BCUT2D eigenvalue weighted by atomic mass is 10.1. The first-order valence-electron chi connectivity index (χ1n) is 7.66. The predicted octanol–water partition coefficient (Wildman–Crippen LogP) is 3.99. The van der Waals surface area contributed by atoms with E-state index in [1.54, 1.807) is 29.8 Å². The molecule has 0 spiro atoms. The smallest absolute Gasteiger partial charge is 0.254 e. The lowest BCUT2D eigenvalue weighted by Gasteiger charge is -2.24. The van der Waals surface area contributed by atoms with Crippen molar-refractivity contribution < 1.29 is 4.79 Å². The van der Waals surface area contributed by atoms with Crippen molar-refractivity contribution in [2.45, 2.75) is 20.4 Å². The van der Waals surface area contributed by atoms with Gasteiger partial charge in [0.05, 0.1) is 17.6 Å². The molecule has 3 aromatic rings. The van der Waals surface area contributed by atoms with Gasteiger partial charge in [0.2, 0.25) is 0 Å². The molecule has 0 atom stereocenters. The van der Waals surface area contributed by atoms with Gasteiger partial charge >= 0.3 is 0 Å². The molecule has 3 rings (SSSR count). The summed E-state index contributed by atoms with van der Waals surface area (Å²) < 4.78 is 0. The number of carbonyl (C=O) groups is 1. The van der Waals surface area contributed by atoms with Gasteiger partial charge in [0.25, 0.3) is 5.91 Å². The Bertz CT molecular complexity index is 794. The van der Waals surface area contributed by atoms with E-state index in [2.05, 4.69) is 23.8 Å². The molecule has 2 heterocycles. The van der Waals surface area contributed by atoms with Crippen LogP contribution in [0.5, 0.6) is 0 Å². The molecular weight excluding hydrogens is 306 g/mol. The summed E-state index contributed by atoms with van der Waals surface area (Å²) in [7, 11) is 0. The second-order valence-corrected chi connectivity index (χ2v) is 6.86. The zero-order valence-electron chi connectivity index (χ0n) is 13.3. The van der Waals surface area contributed by atoms with Crippen molar-refractivity contribution in [2.24, 2.45) is 5.92 Å². The molecular formula is C18H19N3OS. The van der Waals surface area contributed by atoms with E-state index in [4.69, 9.17) is 0 Å². The Labute approximate surface area is 139 Å². The highest BCUT2D eigenvalue weighted by molar-refractivity contribution is 7.09.